The normalized spacial score (nSPS) is 13.8. The molecule has 6 nitrogen and oxygen atoms in total. The molecule has 3 amide bonds. The Morgan fingerprint density at radius 2 is 2.11 bits per heavy atom. The number of urea groups is 1. The largest absolute Gasteiger partial charge is 0.341 e. The fourth-order valence-corrected chi connectivity index (χ4v) is 2.09. The number of nitrogens with one attached hydrogen (secondary N) is 2. The Balaban J connectivity index is 2.24. The number of benzene rings is 1. The summed E-state index contributed by atoms with van der Waals surface area (Å²) < 4.78 is 0. The van der Waals surface area contributed by atoms with Gasteiger partial charge in [-0.3, -0.25) is 10.0 Å². The summed E-state index contributed by atoms with van der Waals surface area (Å²) in [6.45, 7) is 1.14. The van der Waals surface area contributed by atoms with Gasteiger partial charge in [0.15, 0.2) is 0 Å². The van der Waals surface area contributed by atoms with E-state index in [0.717, 1.165) is 17.5 Å². The van der Waals surface area contributed by atoms with Crippen LogP contribution in [0.5, 0.6) is 0 Å². The van der Waals surface area contributed by atoms with E-state index in [2.05, 4.69) is 5.32 Å². The molecule has 18 heavy (non-hydrogen) atoms. The highest BCUT2D eigenvalue weighted by molar-refractivity contribution is 5.93. The van der Waals surface area contributed by atoms with Gasteiger partial charge in [0, 0.05) is 25.7 Å². The maximum absolute atomic E-state index is 11.5. The average Bonchev–Trinajstić information content (AvgIpc) is 2.44. The molecule has 1 aromatic rings. The SMILES string of the molecule is CNC(=O)N1CCc2ccc(C(=O)NO)cc2C1. The Morgan fingerprint density at radius 3 is 2.78 bits per heavy atom. The van der Waals surface area contributed by atoms with E-state index in [0.29, 0.717) is 18.7 Å². The molecule has 2 rings (SSSR count). The predicted octanol–water partition coefficient (Wildman–Crippen LogP) is 0.503. The highest BCUT2D eigenvalue weighted by atomic mass is 16.5. The van der Waals surface area contributed by atoms with Gasteiger partial charge in [-0.05, 0) is 29.7 Å². The molecule has 1 heterocycles. The topological polar surface area (TPSA) is 81.7 Å². The third-order valence-electron chi connectivity index (χ3n) is 3.08. The maximum atomic E-state index is 11.5. The van der Waals surface area contributed by atoms with Gasteiger partial charge in [-0.2, -0.15) is 0 Å². The van der Waals surface area contributed by atoms with Crippen molar-refractivity contribution in [2.75, 3.05) is 13.6 Å². The number of carbonyl (C=O) groups excluding carboxylic acids is 2. The molecule has 0 aromatic heterocycles. The minimum Gasteiger partial charge on any atom is -0.341 e. The number of amides is 3. The Hall–Kier alpha value is -2.08. The lowest BCUT2D eigenvalue weighted by Crippen LogP contribution is -2.41. The van der Waals surface area contributed by atoms with E-state index in [1.54, 1.807) is 29.6 Å². The lowest BCUT2D eigenvalue weighted by molar-refractivity contribution is 0.0706. The molecule has 0 aliphatic carbocycles. The van der Waals surface area contributed by atoms with Crippen molar-refractivity contribution in [1.29, 1.82) is 0 Å². The van der Waals surface area contributed by atoms with Crippen molar-refractivity contribution in [3.05, 3.63) is 34.9 Å². The minimum atomic E-state index is -0.546. The van der Waals surface area contributed by atoms with Gasteiger partial charge in [0.05, 0.1) is 0 Å². The van der Waals surface area contributed by atoms with Crippen LogP contribution in [0.3, 0.4) is 0 Å². The lowest BCUT2D eigenvalue weighted by Gasteiger charge is -2.28. The van der Waals surface area contributed by atoms with E-state index in [1.165, 1.54) is 0 Å². The third kappa shape index (κ3) is 2.28. The van der Waals surface area contributed by atoms with Gasteiger partial charge in [-0.25, -0.2) is 10.3 Å². The molecule has 0 fully saturated rings. The number of fused-ring (bicyclic) bond motifs is 1. The number of rotatable bonds is 1. The van der Waals surface area contributed by atoms with Crippen molar-refractivity contribution in [3.63, 3.8) is 0 Å². The molecule has 0 spiro atoms. The zero-order valence-corrected chi connectivity index (χ0v) is 10.1. The van der Waals surface area contributed by atoms with Crippen LogP contribution >= 0.6 is 0 Å². The fraction of sp³-hybridized carbons (Fsp3) is 0.333. The second kappa shape index (κ2) is 5.05. The first-order valence-corrected chi connectivity index (χ1v) is 5.68. The molecule has 1 aliphatic heterocycles. The van der Waals surface area contributed by atoms with E-state index in [9.17, 15) is 9.59 Å². The van der Waals surface area contributed by atoms with Crippen LogP contribution in [0.15, 0.2) is 18.2 Å². The van der Waals surface area contributed by atoms with Crippen LogP contribution in [0.25, 0.3) is 0 Å². The molecule has 0 bridgehead atoms. The number of nitrogens with zero attached hydrogens (tertiary/aromatic N) is 1. The average molecular weight is 249 g/mol. The second-order valence-electron chi connectivity index (χ2n) is 4.15. The summed E-state index contributed by atoms with van der Waals surface area (Å²) in [4.78, 5) is 24.5. The van der Waals surface area contributed by atoms with E-state index in [-0.39, 0.29) is 6.03 Å². The molecule has 1 aliphatic rings. The van der Waals surface area contributed by atoms with Crippen LogP contribution < -0.4 is 10.8 Å². The number of hydrogen-bond donors (Lipinski definition) is 3. The fourth-order valence-electron chi connectivity index (χ4n) is 2.09. The van der Waals surface area contributed by atoms with Gasteiger partial charge in [0.25, 0.3) is 5.91 Å². The highest BCUT2D eigenvalue weighted by Gasteiger charge is 2.20. The van der Waals surface area contributed by atoms with Gasteiger partial charge in [0.1, 0.15) is 0 Å². The molecule has 0 saturated heterocycles. The Bertz CT molecular complexity index is 487. The number of carbonyl (C=O) groups is 2. The zero-order chi connectivity index (χ0) is 13.1. The second-order valence-corrected chi connectivity index (χ2v) is 4.15. The quantitative estimate of drug-likeness (QED) is 0.501. The van der Waals surface area contributed by atoms with Crippen LogP contribution in [0.1, 0.15) is 21.5 Å². The summed E-state index contributed by atoms with van der Waals surface area (Å²) in [6.07, 6.45) is 0.768. The van der Waals surface area contributed by atoms with E-state index in [1.807, 2.05) is 6.07 Å². The first-order valence-electron chi connectivity index (χ1n) is 5.68. The summed E-state index contributed by atoms with van der Waals surface area (Å²) in [5, 5.41) is 11.2. The Labute approximate surface area is 105 Å². The van der Waals surface area contributed by atoms with Crippen LogP contribution in [0.2, 0.25) is 0 Å². The van der Waals surface area contributed by atoms with Gasteiger partial charge in [0.2, 0.25) is 0 Å². The van der Waals surface area contributed by atoms with Gasteiger partial charge in [-0.1, -0.05) is 6.07 Å². The van der Waals surface area contributed by atoms with E-state index < -0.39 is 5.91 Å². The first-order chi connectivity index (χ1) is 8.65. The van der Waals surface area contributed by atoms with Crippen LogP contribution in [0, 0.1) is 0 Å². The van der Waals surface area contributed by atoms with E-state index in [4.69, 9.17) is 5.21 Å². The number of hydrogen-bond acceptors (Lipinski definition) is 3. The molecule has 1 aromatic carbocycles. The Morgan fingerprint density at radius 1 is 1.33 bits per heavy atom. The van der Waals surface area contributed by atoms with Gasteiger partial charge >= 0.3 is 6.03 Å². The van der Waals surface area contributed by atoms with Gasteiger partial charge < -0.3 is 10.2 Å². The van der Waals surface area contributed by atoms with Crippen molar-refractivity contribution >= 4 is 11.9 Å². The lowest BCUT2D eigenvalue weighted by atomic mass is 9.97. The molecule has 6 heteroatoms. The summed E-state index contributed by atoms with van der Waals surface area (Å²) in [6, 6.07) is 5.11. The van der Waals surface area contributed by atoms with Crippen LogP contribution in [-0.2, 0) is 13.0 Å². The van der Waals surface area contributed by atoms with Crippen molar-refractivity contribution in [2.45, 2.75) is 13.0 Å². The van der Waals surface area contributed by atoms with Crippen molar-refractivity contribution < 1.29 is 14.8 Å². The summed E-state index contributed by atoms with van der Waals surface area (Å²) in [5.74, 6) is -0.546. The van der Waals surface area contributed by atoms with Crippen molar-refractivity contribution in [1.82, 2.24) is 15.7 Å². The molecule has 3 N–H and O–H groups in total. The third-order valence-corrected chi connectivity index (χ3v) is 3.08. The predicted molar refractivity (Wildman–Crippen MR) is 64.3 cm³/mol. The number of hydroxylamine groups is 1. The van der Waals surface area contributed by atoms with Crippen LogP contribution in [-0.4, -0.2) is 35.6 Å². The van der Waals surface area contributed by atoms with E-state index >= 15 is 0 Å². The smallest absolute Gasteiger partial charge is 0.317 e. The molecular formula is C12H15N3O3. The molecule has 0 saturated carbocycles. The molecule has 0 atom stereocenters. The minimum absolute atomic E-state index is 0.127. The molecular weight excluding hydrogens is 234 g/mol. The van der Waals surface area contributed by atoms with Crippen molar-refractivity contribution in [3.8, 4) is 0 Å². The zero-order valence-electron chi connectivity index (χ0n) is 10.1. The van der Waals surface area contributed by atoms with Gasteiger partial charge in [-0.15, -0.1) is 0 Å². The highest BCUT2D eigenvalue weighted by Crippen LogP contribution is 2.20. The van der Waals surface area contributed by atoms with Crippen molar-refractivity contribution in [2.24, 2.45) is 0 Å². The standard InChI is InChI=1S/C12H15N3O3/c1-13-12(17)15-5-4-8-2-3-9(11(16)14-18)6-10(8)7-15/h2-3,6,18H,4-5,7H2,1H3,(H,13,17)(H,14,16). The molecule has 0 radical (unpaired) electrons. The Kier molecular flexibility index (Phi) is 3.47. The van der Waals surface area contributed by atoms with Crippen LogP contribution in [0.4, 0.5) is 4.79 Å². The molecule has 0 unspecified atom stereocenters. The summed E-state index contributed by atoms with van der Waals surface area (Å²) in [7, 11) is 1.59. The summed E-state index contributed by atoms with van der Waals surface area (Å²) in [5.41, 5.74) is 4.05. The maximum Gasteiger partial charge on any atom is 0.317 e. The first kappa shape index (κ1) is 12.4. The monoisotopic (exact) mass is 249 g/mol. The molecule has 96 valence electrons. The summed E-state index contributed by atoms with van der Waals surface area (Å²) >= 11 is 0.